The maximum absolute atomic E-state index is 12.0. The number of aliphatic hydroxyl groups excluding tert-OH is 1. The quantitative estimate of drug-likeness (QED) is 0.934. The van der Waals surface area contributed by atoms with E-state index in [-0.39, 0.29) is 4.90 Å². The van der Waals surface area contributed by atoms with Crippen LogP contribution in [0.15, 0.2) is 53.4 Å². The van der Waals surface area contributed by atoms with Crippen molar-refractivity contribution in [1.29, 1.82) is 5.26 Å². The van der Waals surface area contributed by atoms with Crippen molar-refractivity contribution in [3.8, 4) is 6.07 Å². The van der Waals surface area contributed by atoms with Crippen LogP contribution < -0.4 is 0 Å². The predicted octanol–water partition coefficient (Wildman–Crippen LogP) is 1.89. The van der Waals surface area contributed by atoms with Gasteiger partial charge in [-0.3, -0.25) is 0 Å². The van der Waals surface area contributed by atoms with Crippen LogP contribution in [0.5, 0.6) is 0 Å². The third-order valence-electron chi connectivity index (χ3n) is 3.33. The predicted molar refractivity (Wildman–Crippen MR) is 82.5 cm³/mol. The van der Waals surface area contributed by atoms with Gasteiger partial charge < -0.3 is 5.11 Å². The summed E-state index contributed by atoms with van der Waals surface area (Å²) in [4.78, 5) is 0.174. The van der Waals surface area contributed by atoms with E-state index in [1.54, 1.807) is 36.4 Å². The van der Waals surface area contributed by atoms with Crippen molar-refractivity contribution in [2.45, 2.75) is 11.0 Å². The van der Waals surface area contributed by atoms with Gasteiger partial charge >= 0.3 is 0 Å². The minimum Gasteiger partial charge on any atom is -0.384 e. The summed E-state index contributed by atoms with van der Waals surface area (Å²) in [6.07, 6.45) is -0.871. The number of hydrogen-bond acceptors (Lipinski definition) is 4. The minimum absolute atomic E-state index is 0.174. The molecule has 0 radical (unpaired) electrons. The molecule has 22 heavy (non-hydrogen) atoms. The largest absolute Gasteiger partial charge is 0.384 e. The highest BCUT2D eigenvalue weighted by Crippen LogP contribution is 2.24. The van der Waals surface area contributed by atoms with Crippen LogP contribution in [-0.2, 0) is 10.0 Å². The smallest absolute Gasteiger partial charge is 0.242 e. The molecule has 0 saturated heterocycles. The van der Waals surface area contributed by atoms with Gasteiger partial charge in [-0.05, 0) is 35.4 Å². The fourth-order valence-electron chi connectivity index (χ4n) is 1.97. The van der Waals surface area contributed by atoms with Crippen LogP contribution in [-0.4, -0.2) is 31.9 Å². The van der Waals surface area contributed by atoms with E-state index in [1.807, 2.05) is 6.07 Å². The molecule has 0 spiro atoms. The van der Waals surface area contributed by atoms with Gasteiger partial charge in [0.25, 0.3) is 0 Å². The monoisotopic (exact) mass is 316 g/mol. The van der Waals surface area contributed by atoms with E-state index in [9.17, 15) is 13.5 Å². The number of benzene rings is 2. The molecule has 0 aromatic heterocycles. The van der Waals surface area contributed by atoms with Crippen molar-refractivity contribution in [2.75, 3.05) is 14.1 Å². The number of rotatable bonds is 4. The summed E-state index contributed by atoms with van der Waals surface area (Å²) in [5.74, 6) is 0. The summed E-state index contributed by atoms with van der Waals surface area (Å²) in [7, 11) is -0.543. The van der Waals surface area contributed by atoms with Crippen LogP contribution in [0.1, 0.15) is 22.8 Å². The lowest BCUT2D eigenvalue weighted by Gasteiger charge is -2.14. The summed E-state index contributed by atoms with van der Waals surface area (Å²) < 4.78 is 25.1. The van der Waals surface area contributed by atoms with Gasteiger partial charge in [-0.15, -0.1) is 0 Å². The first-order valence-electron chi connectivity index (χ1n) is 6.57. The molecule has 1 atom stereocenters. The molecule has 0 aliphatic carbocycles. The van der Waals surface area contributed by atoms with Crippen molar-refractivity contribution in [3.63, 3.8) is 0 Å². The molecule has 114 valence electrons. The Morgan fingerprint density at radius 1 is 1.00 bits per heavy atom. The zero-order chi connectivity index (χ0) is 16.3. The Bertz CT molecular complexity index is 789. The molecule has 2 aromatic rings. The molecule has 0 fully saturated rings. The van der Waals surface area contributed by atoms with Crippen molar-refractivity contribution in [1.82, 2.24) is 4.31 Å². The summed E-state index contributed by atoms with van der Waals surface area (Å²) in [5.41, 5.74) is 1.74. The topological polar surface area (TPSA) is 81.4 Å². The second-order valence-corrected chi connectivity index (χ2v) is 7.14. The van der Waals surface area contributed by atoms with E-state index in [1.165, 1.54) is 26.2 Å². The lowest BCUT2D eigenvalue weighted by atomic mass is 10.0. The number of nitrogens with zero attached hydrogens (tertiary/aromatic N) is 2. The van der Waals surface area contributed by atoms with Crippen LogP contribution in [0.3, 0.4) is 0 Å². The number of aliphatic hydroxyl groups is 1. The van der Waals surface area contributed by atoms with Crippen LogP contribution in [0.25, 0.3) is 0 Å². The van der Waals surface area contributed by atoms with E-state index in [0.29, 0.717) is 16.7 Å². The Hall–Kier alpha value is -2.20. The highest BCUT2D eigenvalue weighted by molar-refractivity contribution is 7.89. The number of hydrogen-bond donors (Lipinski definition) is 1. The third-order valence-corrected chi connectivity index (χ3v) is 5.16. The maximum atomic E-state index is 12.0. The molecule has 0 bridgehead atoms. The average molecular weight is 316 g/mol. The minimum atomic E-state index is -3.48. The SMILES string of the molecule is CN(C)S(=O)(=O)c1ccc([C@@H](O)c2ccc(C#N)cc2)cc1. The van der Waals surface area contributed by atoms with Gasteiger partial charge in [0.1, 0.15) is 6.10 Å². The fraction of sp³-hybridized carbons (Fsp3) is 0.188. The van der Waals surface area contributed by atoms with Crippen LogP contribution in [0.4, 0.5) is 0 Å². The van der Waals surface area contributed by atoms with Gasteiger partial charge in [0.2, 0.25) is 10.0 Å². The second kappa shape index (κ2) is 6.28. The fourth-order valence-corrected chi connectivity index (χ4v) is 2.87. The van der Waals surface area contributed by atoms with Crippen LogP contribution >= 0.6 is 0 Å². The molecule has 6 heteroatoms. The van der Waals surface area contributed by atoms with Crippen molar-refractivity contribution in [2.24, 2.45) is 0 Å². The Morgan fingerprint density at radius 3 is 1.86 bits per heavy atom. The molecule has 5 nitrogen and oxygen atoms in total. The molecule has 2 aromatic carbocycles. The first-order chi connectivity index (χ1) is 10.4. The van der Waals surface area contributed by atoms with Gasteiger partial charge in [0.05, 0.1) is 16.5 Å². The Balaban J connectivity index is 2.28. The molecule has 0 saturated carbocycles. The van der Waals surface area contributed by atoms with Gasteiger partial charge in [-0.25, -0.2) is 12.7 Å². The molecule has 0 aliphatic heterocycles. The molecular formula is C16H16N2O3S. The van der Waals surface area contributed by atoms with E-state index in [2.05, 4.69) is 0 Å². The lowest BCUT2D eigenvalue weighted by molar-refractivity contribution is 0.220. The van der Waals surface area contributed by atoms with E-state index in [0.717, 1.165) is 4.31 Å². The molecule has 2 rings (SSSR count). The average Bonchev–Trinajstić information content (AvgIpc) is 2.54. The van der Waals surface area contributed by atoms with Crippen molar-refractivity contribution in [3.05, 3.63) is 65.2 Å². The number of sulfonamides is 1. The maximum Gasteiger partial charge on any atom is 0.242 e. The third kappa shape index (κ3) is 3.17. The summed E-state index contributed by atoms with van der Waals surface area (Å²) >= 11 is 0. The molecule has 0 aliphatic rings. The molecular weight excluding hydrogens is 300 g/mol. The molecule has 1 N–H and O–H groups in total. The second-order valence-electron chi connectivity index (χ2n) is 4.99. The summed E-state index contributed by atoms with van der Waals surface area (Å²) in [5, 5.41) is 19.1. The van der Waals surface area contributed by atoms with Crippen LogP contribution in [0, 0.1) is 11.3 Å². The van der Waals surface area contributed by atoms with Gasteiger partial charge in [0.15, 0.2) is 0 Å². The van der Waals surface area contributed by atoms with Crippen molar-refractivity contribution >= 4 is 10.0 Å². The van der Waals surface area contributed by atoms with E-state index < -0.39 is 16.1 Å². The highest BCUT2D eigenvalue weighted by Gasteiger charge is 2.18. The van der Waals surface area contributed by atoms with E-state index in [4.69, 9.17) is 5.26 Å². The van der Waals surface area contributed by atoms with Gasteiger partial charge in [-0.2, -0.15) is 5.26 Å². The lowest BCUT2D eigenvalue weighted by Crippen LogP contribution is -2.22. The standard InChI is InChI=1S/C16H16N2O3S/c1-18(2)22(20,21)15-9-7-14(8-10-15)16(19)13-5-3-12(11-17)4-6-13/h3-10,16,19H,1-2H3/t16-/m0/s1. The molecule has 0 unspecified atom stereocenters. The van der Waals surface area contributed by atoms with Gasteiger partial charge in [-0.1, -0.05) is 24.3 Å². The molecule has 0 heterocycles. The first-order valence-corrected chi connectivity index (χ1v) is 8.01. The summed E-state index contributed by atoms with van der Waals surface area (Å²) in [6.45, 7) is 0. The normalized spacial score (nSPS) is 12.9. The Kier molecular flexibility index (Phi) is 4.62. The van der Waals surface area contributed by atoms with E-state index >= 15 is 0 Å². The zero-order valence-corrected chi connectivity index (χ0v) is 13.1. The Labute approximate surface area is 130 Å². The zero-order valence-electron chi connectivity index (χ0n) is 12.3. The number of nitriles is 1. The highest BCUT2D eigenvalue weighted by atomic mass is 32.2. The molecule has 0 amide bonds. The van der Waals surface area contributed by atoms with Crippen LogP contribution in [0.2, 0.25) is 0 Å². The summed E-state index contributed by atoms with van der Waals surface area (Å²) in [6, 6.07) is 14.7. The first kappa shape index (κ1) is 16.2. The van der Waals surface area contributed by atoms with Crippen molar-refractivity contribution < 1.29 is 13.5 Å². The Morgan fingerprint density at radius 2 is 1.45 bits per heavy atom. The van der Waals surface area contributed by atoms with Gasteiger partial charge in [0, 0.05) is 14.1 Å².